The van der Waals surface area contributed by atoms with Crippen molar-refractivity contribution in [1.82, 2.24) is 0 Å². The molecule has 0 saturated heterocycles. The van der Waals surface area contributed by atoms with Crippen molar-refractivity contribution >= 4 is 17.6 Å². The predicted octanol–water partition coefficient (Wildman–Crippen LogP) is 2.24. The number of methoxy groups -OCH3 is 1. The maximum atomic E-state index is 11.0. The fourth-order valence-electron chi connectivity index (χ4n) is 1.41. The van der Waals surface area contributed by atoms with E-state index in [9.17, 15) is 9.90 Å². The van der Waals surface area contributed by atoms with Crippen LogP contribution in [-0.2, 0) is 9.53 Å². The van der Waals surface area contributed by atoms with E-state index < -0.39 is 12.1 Å². The molecule has 0 bridgehead atoms. The summed E-state index contributed by atoms with van der Waals surface area (Å²) < 4.78 is 4.48. The zero-order chi connectivity index (χ0) is 11.4. The summed E-state index contributed by atoms with van der Waals surface area (Å²) in [6.07, 6.45) is -0.993. The standard InChI is InChI=1S/C11H13ClO3/c1-7-4-3-5-8(12)11(7)9(13)6-10(14)15-2/h3-5,9,13H,6H2,1-2H3/t9-/m0/s1. The first-order valence-electron chi connectivity index (χ1n) is 4.56. The molecule has 0 unspecified atom stereocenters. The highest BCUT2D eigenvalue weighted by molar-refractivity contribution is 6.31. The Kier molecular flexibility index (Phi) is 4.12. The van der Waals surface area contributed by atoms with E-state index in [4.69, 9.17) is 11.6 Å². The van der Waals surface area contributed by atoms with Crippen LogP contribution in [0.1, 0.15) is 23.7 Å². The second-order valence-corrected chi connectivity index (χ2v) is 3.67. The minimum Gasteiger partial charge on any atom is -0.469 e. The lowest BCUT2D eigenvalue weighted by Gasteiger charge is -2.14. The number of ether oxygens (including phenoxy) is 1. The molecular weight excluding hydrogens is 216 g/mol. The number of esters is 1. The minimum absolute atomic E-state index is 0.0823. The Morgan fingerprint density at radius 2 is 2.27 bits per heavy atom. The van der Waals surface area contributed by atoms with Gasteiger partial charge in [-0.1, -0.05) is 23.7 Å². The lowest BCUT2D eigenvalue weighted by atomic mass is 10.0. The topological polar surface area (TPSA) is 46.5 Å². The van der Waals surface area contributed by atoms with Gasteiger partial charge in [0.25, 0.3) is 0 Å². The third-order valence-electron chi connectivity index (χ3n) is 2.19. The van der Waals surface area contributed by atoms with Gasteiger partial charge in [0, 0.05) is 10.6 Å². The molecular formula is C11H13ClO3. The molecule has 0 aliphatic carbocycles. The van der Waals surface area contributed by atoms with Gasteiger partial charge in [0.1, 0.15) is 0 Å². The number of halogens is 1. The Morgan fingerprint density at radius 3 is 2.80 bits per heavy atom. The van der Waals surface area contributed by atoms with E-state index in [1.807, 2.05) is 13.0 Å². The first-order valence-corrected chi connectivity index (χ1v) is 4.94. The van der Waals surface area contributed by atoms with Crippen LogP contribution in [0.5, 0.6) is 0 Å². The van der Waals surface area contributed by atoms with Gasteiger partial charge in [-0.3, -0.25) is 4.79 Å². The predicted molar refractivity (Wildman–Crippen MR) is 57.8 cm³/mol. The molecule has 0 amide bonds. The number of hydrogen-bond donors (Lipinski definition) is 1. The summed E-state index contributed by atoms with van der Waals surface area (Å²) in [7, 11) is 1.29. The van der Waals surface area contributed by atoms with Gasteiger partial charge >= 0.3 is 5.97 Å². The monoisotopic (exact) mass is 228 g/mol. The molecule has 0 aromatic heterocycles. The molecule has 1 aromatic rings. The second kappa shape index (κ2) is 5.14. The molecule has 82 valence electrons. The average molecular weight is 229 g/mol. The third-order valence-corrected chi connectivity index (χ3v) is 2.52. The molecule has 1 atom stereocenters. The number of aryl methyl sites for hydroxylation is 1. The molecule has 0 heterocycles. The van der Waals surface area contributed by atoms with E-state index in [-0.39, 0.29) is 6.42 Å². The van der Waals surface area contributed by atoms with Crippen molar-refractivity contribution in [2.75, 3.05) is 7.11 Å². The van der Waals surface area contributed by atoms with Gasteiger partial charge in [0.15, 0.2) is 0 Å². The van der Waals surface area contributed by atoms with Crippen molar-refractivity contribution in [2.45, 2.75) is 19.4 Å². The lowest BCUT2D eigenvalue weighted by Crippen LogP contribution is -2.09. The lowest BCUT2D eigenvalue weighted by molar-refractivity contribution is -0.142. The van der Waals surface area contributed by atoms with Crippen LogP contribution in [-0.4, -0.2) is 18.2 Å². The quantitative estimate of drug-likeness (QED) is 0.808. The van der Waals surface area contributed by atoms with Crippen LogP contribution in [0.2, 0.25) is 5.02 Å². The molecule has 1 rings (SSSR count). The molecule has 4 heteroatoms. The molecule has 1 N–H and O–H groups in total. The van der Waals surface area contributed by atoms with Gasteiger partial charge in [0.05, 0.1) is 19.6 Å². The summed E-state index contributed by atoms with van der Waals surface area (Å²) in [5.41, 5.74) is 1.45. The fourth-order valence-corrected chi connectivity index (χ4v) is 1.76. The van der Waals surface area contributed by atoms with Crippen LogP contribution < -0.4 is 0 Å². The Hall–Kier alpha value is -1.06. The Morgan fingerprint density at radius 1 is 1.60 bits per heavy atom. The van der Waals surface area contributed by atoms with Crippen molar-refractivity contribution in [3.8, 4) is 0 Å². The van der Waals surface area contributed by atoms with Crippen molar-refractivity contribution in [2.24, 2.45) is 0 Å². The zero-order valence-corrected chi connectivity index (χ0v) is 9.41. The summed E-state index contributed by atoms with van der Waals surface area (Å²) in [6, 6.07) is 5.32. The van der Waals surface area contributed by atoms with Gasteiger partial charge in [0.2, 0.25) is 0 Å². The molecule has 0 aliphatic heterocycles. The van der Waals surface area contributed by atoms with Crippen molar-refractivity contribution in [3.63, 3.8) is 0 Å². The van der Waals surface area contributed by atoms with E-state index in [1.54, 1.807) is 12.1 Å². The van der Waals surface area contributed by atoms with Crippen LogP contribution in [0.25, 0.3) is 0 Å². The summed E-state index contributed by atoms with van der Waals surface area (Å²) in [6.45, 7) is 1.84. The van der Waals surface area contributed by atoms with Gasteiger partial charge < -0.3 is 9.84 Å². The van der Waals surface area contributed by atoms with E-state index in [1.165, 1.54) is 7.11 Å². The molecule has 0 radical (unpaired) electrons. The number of carbonyl (C=O) groups excluding carboxylic acids is 1. The van der Waals surface area contributed by atoms with Crippen LogP contribution in [0, 0.1) is 6.92 Å². The summed E-state index contributed by atoms with van der Waals surface area (Å²) in [5, 5.41) is 10.3. The van der Waals surface area contributed by atoms with Crippen LogP contribution >= 0.6 is 11.6 Å². The van der Waals surface area contributed by atoms with Crippen LogP contribution in [0.3, 0.4) is 0 Å². The van der Waals surface area contributed by atoms with E-state index >= 15 is 0 Å². The van der Waals surface area contributed by atoms with E-state index in [0.717, 1.165) is 5.56 Å². The summed E-state index contributed by atoms with van der Waals surface area (Å²) >= 11 is 5.94. The van der Waals surface area contributed by atoms with E-state index in [2.05, 4.69) is 4.74 Å². The van der Waals surface area contributed by atoms with Crippen molar-refractivity contribution in [1.29, 1.82) is 0 Å². The zero-order valence-electron chi connectivity index (χ0n) is 8.66. The van der Waals surface area contributed by atoms with E-state index in [0.29, 0.717) is 10.6 Å². The molecule has 15 heavy (non-hydrogen) atoms. The number of aliphatic hydroxyl groups is 1. The highest BCUT2D eigenvalue weighted by Gasteiger charge is 2.17. The summed E-state index contributed by atoms with van der Waals surface area (Å²) in [4.78, 5) is 11.0. The molecule has 0 spiro atoms. The van der Waals surface area contributed by atoms with Gasteiger partial charge in [-0.05, 0) is 18.6 Å². The number of rotatable bonds is 3. The number of carbonyl (C=O) groups is 1. The first kappa shape index (κ1) is 12.0. The number of aliphatic hydroxyl groups excluding tert-OH is 1. The Bertz CT molecular complexity index is 343. The molecule has 0 fully saturated rings. The Balaban J connectivity index is 2.90. The molecule has 3 nitrogen and oxygen atoms in total. The maximum Gasteiger partial charge on any atom is 0.308 e. The maximum absolute atomic E-state index is 11.0. The van der Waals surface area contributed by atoms with Gasteiger partial charge in [-0.2, -0.15) is 0 Å². The first-order chi connectivity index (χ1) is 7.06. The Labute approximate surface area is 93.6 Å². The minimum atomic E-state index is -0.911. The number of hydrogen-bond acceptors (Lipinski definition) is 3. The normalized spacial score (nSPS) is 12.3. The average Bonchev–Trinajstić information content (AvgIpc) is 2.17. The van der Waals surface area contributed by atoms with Crippen LogP contribution in [0.15, 0.2) is 18.2 Å². The molecule has 0 saturated carbocycles. The van der Waals surface area contributed by atoms with Crippen molar-refractivity contribution < 1.29 is 14.6 Å². The number of benzene rings is 1. The van der Waals surface area contributed by atoms with Crippen LogP contribution in [0.4, 0.5) is 0 Å². The SMILES string of the molecule is COC(=O)C[C@H](O)c1c(C)cccc1Cl. The fraction of sp³-hybridized carbons (Fsp3) is 0.364. The third kappa shape index (κ3) is 2.94. The van der Waals surface area contributed by atoms with Gasteiger partial charge in [-0.15, -0.1) is 0 Å². The largest absolute Gasteiger partial charge is 0.469 e. The molecule has 0 aliphatic rings. The summed E-state index contributed by atoms with van der Waals surface area (Å²) in [5.74, 6) is -0.457. The van der Waals surface area contributed by atoms with Crippen molar-refractivity contribution in [3.05, 3.63) is 34.3 Å². The second-order valence-electron chi connectivity index (χ2n) is 3.27. The van der Waals surface area contributed by atoms with Gasteiger partial charge in [-0.25, -0.2) is 0 Å². The molecule has 1 aromatic carbocycles. The highest BCUT2D eigenvalue weighted by atomic mass is 35.5. The smallest absolute Gasteiger partial charge is 0.308 e. The highest BCUT2D eigenvalue weighted by Crippen LogP contribution is 2.28.